The van der Waals surface area contributed by atoms with Crippen molar-refractivity contribution in [3.8, 4) is 6.01 Å². The number of rotatable bonds is 4. The smallest absolute Gasteiger partial charge is 0.316 e. The van der Waals surface area contributed by atoms with Gasteiger partial charge in [-0.05, 0) is 38.7 Å². The summed E-state index contributed by atoms with van der Waals surface area (Å²) in [5, 5.41) is 6.65. The Morgan fingerprint density at radius 2 is 2.00 bits per heavy atom. The first kappa shape index (κ1) is 14.5. The maximum absolute atomic E-state index is 12.1. The van der Waals surface area contributed by atoms with E-state index in [1.165, 1.54) is 6.20 Å². The van der Waals surface area contributed by atoms with Gasteiger partial charge in [0.25, 0.3) is 5.91 Å². The van der Waals surface area contributed by atoms with E-state index in [1.54, 1.807) is 25.4 Å². The molecule has 0 spiro atoms. The minimum Gasteiger partial charge on any atom is -0.460 e. The van der Waals surface area contributed by atoms with Crippen LogP contribution < -0.4 is 10.1 Å². The van der Waals surface area contributed by atoms with E-state index in [0.29, 0.717) is 17.3 Å². The summed E-state index contributed by atoms with van der Waals surface area (Å²) in [7, 11) is 0. The second-order valence-electron chi connectivity index (χ2n) is 5.39. The zero-order valence-electron chi connectivity index (χ0n) is 12.4. The Morgan fingerprint density at radius 1 is 1.27 bits per heavy atom. The van der Waals surface area contributed by atoms with Crippen molar-refractivity contribution >= 4 is 5.91 Å². The van der Waals surface area contributed by atoms with Gasteiger partial charge in [0, 0.05) is 18.4 Å². The molecule has 1 saturated carbocycles. The Hall–Kier alpha value is -2.44. The number of amides is 1. The van der Waals surface area contributed by atoms with Gasteiger partial charge in [0.05, 0.1) is 6.20 Å². The van der Waals surface area contributed by atoms with Crippen molar-refractivity contribution in [3.05, 3.63) is 36.0 Å². The van der Waals surface area contributed by atoms with E-state index in [9.17, 15) is 4.79 Å². The van der Waals surface area contributed by atoms with Crippen LogP contribution in [0.4, 0.5) is 0 Å². The lowest BCUT2D eigenvalue weighted by Crippen LogP contribution is -2.39. The molecular formula is C15H18N4O3. The normalized spacial score (nSPS) is 21.3. The van der Waals surface area contributed by atoms with Gasteiger partial charge in [-0.25, -0.2) is 9.97 Å². The van der Waals surface area contributed by atoms with Gasteiger partial charge in [-0.2, -0.15) is 0 Å². The second kappa shape index (κ2) is 6.55. The summed E-state index contributed by atoms with van der Waals surface area (Å²) in [4.78, 5) is 20.2. The predicted octanol–water partition coefficient (Wildman–Crippen LogP) is 1.89. The Kier molecular flexibility index (Phi) is 4.32. The first-order valence-corrected chi connectivity index (χ1v) is 7.38. The molecule has 3 rings (SSSR count). The van der Waals surface area contributed by atoms with Crippen molar-refractivity contribution in [1.29, 1.82) is 0 Å². The number of nitrogens with zero attached hydrogens (tertiary/aromatic N) is 3. The van der Waals surface area contributed by atoms with Gasteiger partial charge < -0.3 is 14.6 Å². The molecule has 2 aromatic heterocycles. The predicted molar refractivity (Wildman–Crippen MR) is 77.4 cm³/mol. The van der Waals surface area contributed by atoms with Crippen LogP contribution in [0.1, 0.15) is 41.8 Å². The van der Waals surface area contributed by atoms with E-state index in [-0.39, 0.29) is 18.1 Å². The maximum atomic E-state index is 12.1. The molecule has 1 aliphatic carbocycles. The van der Waals surface area contributed by atoms with E-state index in [2.05, 4.69) is 20.4 Å². The van der Waals surface area contributed by atoms with Crippen LogP contribution in [0.25, 0.3) is 0 Å². The lowest BCUT2D eigenvalue weighted by atomic mass is 9.93. The number of hydrogen-bond acceptors (Lipinski definition) is 6. The molecule has 0 atom stereocenters. The van der Waals surface area contributed by atoms with Crippen LogP contribution in [0, 0.1) is 6.92 Å². The summed E-state index contributed by atoms with van der Waals surface area (Å²) < 4.78 is 10.7. The molecule has 116 valence electrons. The largest absolute Gasteiger partial charge is 0.460 e. The van der Waals surface area contributed by atoms with Gasteiger partial charge in [-0.15, -0.1) is 0 Å². The Labute approximate surface area is 128 Å². The molecule has 1 N–H and O–H groups in total. The summed E-state index contributed by atoms with van der Waals surface area (Å²) in [6, 6.07) is 2.32. The van der Waals surface area contributed by atoms with Crippen molar-refractivity contribution in [1.82, 2.24) is 20.4 Å². The highest BCUT2D eigenvalue weighted by Crippen LogP contribution is 2.22. The van der Waals surface area contributed by atoms with Gasteiger partial charge in [0.15, 0.2) is 0 Å². The fraction of sp³-hybridized carbons (Fsp3) is 0.467. The third-order valence-electron chi connectivity index (χ3n) is 3.82. The van der Waals surface area contributed by atoms with Crippen LogP contribution in [-0.4, -0.2) is 33.2 Å². The fourth-order valence-electron chi connectivity index (χ4n) is 2.60. The zero-order chi connectivity index (χ0) is 15.4. The van der Waals surface area contributed by atoms with Crippen LogP contribution in [0.2, 0.25) is 0 Å². The van der Waals surface area contributed by atoms with E-state index in [0.717, 1.165) is 25.7 Å². The number of hydrogen-bond donors (Lipinski definition) is 1. The summed E-state index contributed by atoms with van der Waals surface area (Å²) >= 11 is 0. The highest BCUT2D eigenvalue weighted by molar-refractivity contribution is 5.94. The van der Waals surface area contributed by atoms with Crippen molar-refractivity contribution < 1.29 is 14.1 Å². The molecule has 2 heterocycles. The van der Waals surface area contributed by atoms with Crippen LogP contribution in [0.3, 0.4) is 0 Å². The molecule has 1 aliphatic rings. The van der Waals surface area contributed by atoms with E-state index in [4.69, 9.17) is 9.26 Å². The van der Waals surface area contributed by atoms with Crippen LogP contribution >= 0.6 is 0 Å². The molecule has 0 aliphatic heterocycles. The summed E-state index contributed by atoms with van der Waals surface area (Å²) in [6.45, 7) is 1.73. The molecule has 1 fully saturated rings. The van der Waals surface area contributed by atoms with Crippen molar-refractivity contribution in [3.63, 3.8) is 0 Å². The topological polar surface area (TPSA) is 90.1 Å². The molecule has 0 unspecified atom stereocenters. The molecule has 2 aromatic rings. The van der Waals surface area contributed by atoms with Gasteiger partial charge in [0.2, 0.25) is 0 Å². The van der Waals surface area contributed by atoms with Gasteiger partial charge in [-0.1, -0.05) is 5.16 Å². The average Bonchev–Trinajstić information content (AvgIpc) is 2.96. The van der Waals surface area contributed by atoms with Gasteiger partial charge in [-0.3, -0.25) is 4.79 Å². The lowest BCUT2D eigenvalue weighted by molar-refractivity contribution is 0.0883. The molecule has 0 saturated heterocycles. The molecule has 0 bridgehead atoms. The Balaban J connectivity index is 1.48. The molecule has 7 heteroatoms. The minimum atomic E-state index is -0.130. The fourth-order valence-corrected chi connectivity index (χ4v) is 2.60. The van der Waals surface area contributed by atoms with E-state index < -0.39 is 0 Å². The highest BCUT2D eigenvalue weighted by atomic mass is 16.5. The van der Waals surface area contributed by atoms with Crippen LogP contribution in [0.15, 0.2) is 29.2 Å². The SMILES string of the molecule is Cc1oncc1C(=O)NC1CCC(Oc2ncccn2)CC1. The molecular weight excluding hydrogens is 284 g/mol. The van der Waals surface area contributed by atoms with Crippen LogP contribution in [0.5, 0.6) is 6.01 Å². The van der Waals surface area contributed by atoms with Gasteiger partial charge >= 0.3 is 6.01 Å². The number of aryl methyl sites for hydroxylation is 1. The van der Waals surface area contributed by atoms with Gasteiger partial charge in [0.1, 0.15) is 17.4 Å². The van der Waals surface area contributed by atoms with Crippen LogP contribution in [-0.2, 0) is 0 Å². The first-order valence-electron chi connectivity index (χ1n) is 7.38. The first-order chi connectivity index (χ1) is 10.7. The Morgan fingerprint density at radius 3 is 2.64 bits per heavy atom. The number of ether oxygens (including phenoxy) is 1. The molecule has 0 radical (unpaired) electrons. The average molecular weight is 302 g/mol. The molecule has 0 aromatic carbocycles. The number of carbonyl (C=O) groups is 1. The Bertz CT molecular complexity index is 621. The minimum absolute atomic E-state index is 0.105. The molecule has 7 nitrogen and oxygen atoms in total. The number of aromatic nitrogens is 3. The zero-order valence-corrected chi connectivity index (χ0v) is 12.4. The maximum Gasteiger partial charge on any atom is 0.316 e. The number of carbonyl (C=O) groups excluding carboxylic acids is 1. The summed E-state index contributed by atoms with van der Waals surface area (Å²) in [5.41, 5.74) is 0.496. The quantitative estimate of drug-likeness (QED) is 0.927. The summed E-state index contributed by atoms with van der Waals surface area (Å²) in [5.74, 6) is 0.408. The molecule has 1 amide bonds. The third kappa shape index (κ3) is 3.41. The third-order valence-corrected chi connectivity index (χ3v) is 3.82. The highest BCUT2D eigenvalue weighted by Gasteiger charge is 2.25. The second-order valence-corrected chi connectivity index (χ2v) is 5.39. The van der Waals surface area contributed by atoms with Crippen molar-refractivity contribution in [2.45, 2.75) is 44.8 Å². The summed E-state index contributed by atoms with van der Waals surface area (Å²) in [6.07, 6.45) is 8.35. The monoisotopic (exact) mass is 302 g/mol. The van der Waals surface area contributed by atoms with Crippen molar-refractivity contribution in [2.75, 3.05) is 0 Å². The van der Waals surface area contributed by atoms with E-state index in [1.807, 2.05) is 0 Å². The lowest BCUT2D eigenvalue weighted by Gasteiger charge is -2.28. The number of nitrogens with one attached hydrogen (secondary N) is 1. The standard InChI is InChI=1S/C15H18N4O3/c1-10-13(9-18-22-10)14(20)19-11-3-5-12(6-4-11)21-15-16-7-2-8-17-15/h2,7-9,11-12H,3-6H2,1H3,(H,19,20). The van der Waals surface area contributed by atoms with E-state index >= 15 is 0 Å². The molecule has 22 heavy (non-hydrogen) atoms. The van der Waals surface area contributed by atoms with Crippen molar-refractivity contribution in [2.24, 2.45) is 0 Å².